The van der Waals surface area contributed by atoms with E-state index in [-0.39, 0.29) is 64.3 Å². The predicted molar refractivity (Wildman–Crippen MR) is 167 cm³/mol. The van der Waals surface area contributed by atoms with Crippen molar-refractivity contribution in [1.29, 1.82) is 0 Å². The maximum atomic E-state index is 13.3. The summed E-state index contributed by atoms with van der Waals surface area (Å²) in [5, 5.41) is 32.1. The van der Waals surface area contributed by atoms with Crippen LogP contribution in [0.5, 0.6) is 11.8 Å². The number of hydroxylamine groups is 3. The Morgan fingerprint density at radius 2 is 1.30 bits per heavy atom. The average Bonchev–Trinajstić information content (AvgIpc) is 3.66. The minimum Gasteiger partial charge on any atom is -0.442 e. The first-order chi connectivity index (χ1) is 21.3. The summed E-state index contributed by atoms with van der Waals surface area (Å²) in [4.78, 5) is 29.0. The number of aromatic nitrogens is 4. The molecule has 47 heavy (non-hydrogen) atoms. The highest BCUT2D eigenvalue weighted by atomic mass is 79.9. The maximum absolute atomic E-state index is 13.3. The molecule has 1 amide bonds. The van der Waals surface area contributed by atoms with E-state index in [1.807, 2.05) is 11.0 Å². The highest BCUT2D eigenvalue weighted by Crippen LogP contribution is 2.25. The van der Waals surface area contributed by atoms with Crippen molar-refractivity contribution < 1.29 is 47.7 Å². The summed E-state index contributed by atoms with van der Waals surface area (Å²) in [6.07, 6.45) is -0.871. The van der Waals surface area contributed by atoms with Crippen LogP contribution in [-0.4, -0.2) is 54.4 Å². The van der Waals surface area contributed by atoms with Crippen LogP contribution in [0.4, 0.5) is 25.0 Å². The number of ether oxygens (including phenoxy) is 1. The first kappa shape index (κ1) is 40.3. The molecule has 2 aromatic carbocycles. The molecule has 0 aliphatic carbocycles. The van der Waals surface area contributed by atoms with Gasteiger partial charge in [-0.3, -0.25) is 21.4 Å². The van der Waals surface area contributed by atoms with E-state index in [0.29, 0.717) is 5.69 Å². The quantitative estimate of drug-likeness (QED) is 0.0778. The van der Waals surface area contributed by atoms with E-state index in [1.54, 1.807) is 26.3 Å². The molecular formula is C25H30Br2F2N10O8. The molecule has 2 aromatic heterocycles. The number of carbonyl (C=O) groups is 1. The van der Waals surface area contributed by atoms with Gasteiger partial charge in [0.2, 0.25) is 11.4 Å². The van der Waals surface area contributed by atoms with E-state index in [2.05, 4.69) is 76.6 Å². The zero-order valence-electron chi connectivity index (χ0n) is 23.1. The van der Waals surface area contributed by atoms with Gasteiger partial charge in [-0.05, 0) is 110 Å². The smallest absolute Gasteiger partial charge is 0.441 e. The number of amidine groups is 2. The lowest BCUT2D eigenvalue weighted by molar-refractivity contribution is 0.0271. The molecule has 0 fully saturated rings. The lowest BCUT2D eigenvalue weighted by Crippen LogP contribution is -2.35. The number of rotatable bonds is 7. The first-order valence-electron chi connectivity index (χ1n) is 11.9. The molecule has 0 atom stereocenters. The monoisotopic (exact) mass is 794 g/mol. The zero-order valence-corrected chi connectivity index (χ0v) is 26.3. The minimum absolute atomic E-state index is 0. The van der Waals surface area contributed by atoms with E-state index < -0.39 is 23.3 Å². The highest BCUT2D eigenvalue weighted by Gasteiger charge is 2.22. The summed E-state index contributed by atoms with van der Waals surface area (Å²) in [5.41, 5.74) is 5.32. The third-order valence-corrected chi connectivity index (χ3v) is 5.82. The number of halogens is 4. The third-order valence-electron chi connectivity index (χ3n) is 4.61. The van der Waals surface area contributed by atoms with Crippen LogP contribution in [0.2, 0.25) is 0 Å². The second-order valence-corrected chi connectivity index (χ2v) is 10.7. The van der Waals surface area contributed by atoms with E-state index in [9.17, 15) is 18.8 Å². The fraction of sp³-hybridized carbons (Fsp3) is 0.240. The van der Waals surface area contributed by atoms with E-state index in [4.69, 9.17) is 20.7 Å². The Hall–Kier alpha value is -4.77. The summed E-state index contributed by atoms with van der Waals surface area (Å²) >= 11 is 6.04. The van der Waals surface area contributed by atoms with Crippen molar-refractivity contribution in [2.75, 3.05) is 0 Å². The van der Waals surface area contributed by atoms with Gasteiger partial charge in [-0.25, -0.2) is 32.8 Å². The van der Waals surface area contributed by atoms with Crippen molar-refractivity contribution in [2.45, 2.75) is 41.2 Å². The number of carbonyl (C=O) groups excluding carboxylic acids is 1. The molecule has 0 bridgehead atoms. The summed E-state index contributed by atoms with van der Waals surface area (Å²) < 4.78 is 40.7. The number of nitrogens with one attached hydrogen (secondary N) is 3. The molecule has 7 N–H and O–H groups in total. The van der Waals surface area contributed by atoms with Gasteiger partial charge in [-0.2, -0.15) is 11.4 Å². The Labute approximate surface area is 282 Å². The molecule has 0 saturated heterocycles. The molecule has 0 radical (unpaired) electrons. The van der Waals surface area contributed by atoms with Crippen molar-refractivity contribution in [3.8, 4) is 11.8 Å². The van der Waals surface area contributed by atoms with Gasteiger partial charge in [0.15, 0.2) is 11.7 Å². The van der Waals surface area contributed by atoms with Gasteiger partial charge < -0.3 is 14.4 Å². The van der Waals surface area contributed by atoms with Crippen LogP contribution in [0, 0.1) is 11.6 Å². The van der Waals surface area contributed by atoms with Crippen LogP contribution in [0.15, 0.2) is 64.6 Å². The van der Waals surface area contributed by atoms with Crippen LogP contribution in [0.25, 0.3) is 0 Å². The Bertz CT molecular complexity index is 1680. The number of hydrogen-bond donors (Lipinski definition) is 6. The van der Waals surface area contributed by atoms with Crippen LogP contribution in [-0.2, 0) is 4.74 Å². The second-order valence-electron chi connectivity index (χ2n) is 9.00. The van der Waals surface area contributed by atoms with Crippen LogP contribution >= 0.6 is 31.9 Å². The molecule has 4 aromatic rings. The van der Waals surface area contributed by atoms with E-state index in [0.717, 1.165) is 0 Å². The molecule has 18 nitrogen and oxygen atoms in total. The number of hydrogen-bond acceptors (Lipinski definition) is 15. The second kappa shape index (κ2) is 18.4. The predicted octanol–water partition coefficient (Wildman–Crippen LogP) is 5.40. The van der Waals surface area contributed by atoms with Gasteiger partial charge in [0.1, 0.15) is 17.2 Å². The van der Waals surface area contributed by atoms with Gasteiger partial charge in [-0.1, -0.05) is 14.9 Å². The molecule has 0 saturated carbocycles. The molecule has 256 valence electrons. The van der Waals surface area contributed by atoms with Crippen molar-refractivity contribution in [1.82, 2.24) is 37.1 Å². The topological polar surface area (TPSA) is 250 Å². The van der Waals surface area contributed by atoms with Gasteiger partial charge in [0.25, 0.3) is 0 Å². The molecule has 4 rings (SSSR count). The zero-order chi connectivity index (χ0) is 33.1. The lowest BCUT2D eigenvalue weighted by atomic mass is 10.2. The summed E-state index contributed by atoms with van der Waals surface area (Å²) in [5.74, 6) is 3.23. The number of aliphatic imine (C=N–C) groups is 2. The van der Waals surface area contributed by atoms with Crippen LogP contribution in [0.3, 0.4) is 0 Å². The van der Waals surface area contributed by atoms with Crippen molar-refractivity contribution in [3.05, 3.63) is 68.4 Å². The summed E-state index contributed by atoms with van der Waals surface area (Å²) in [6, 6.07) is 7.93. The van der Waals surface area contributed by atoms with E-state index in [1.165, 1.54) is 36.4 Å². The SMILES string of the molecule is C.C.CC(C)(C)OC(=O)NOc1nonc1C(=Nc1ccc(F)c(Br)c1)NO.NOc1nonc1C(=Nc1ccc(F)c(Br)c1)NO. The molecule has 22 heteroatoms. The lowest BCUT2D eigenvalue weighted by Gasteiger charge is -2.19. The molecule has 0 aliphatic heterocycles. The van der Waals surface area contributed by atoms with Gasteiger partial charge >= 0.3 is 17.9 Å². The molecular weight excluding hydrogens is 766 g/mol. The van der Waals surface area contributed by atoms with Crippen molar-refractivity contribution in [2.24, 2.45) is 15.9 Å². The summed E-state index contributed by atoms with van der Waals surface area (Å²) in [6.45, 7) is 5.03. The average molecular weight is 796 g/mol. The Balaban J connectivity index is 0.000000470. The highest BCUT2D eigenvalue weighted by molar-refractivity contribution is 9.10. The number of amides is 1. The van der Waals surface area contributed by atoms with Crippen molar-refractivity contribution >= 4 is 61.0 Å². The van der Waals surface area contributed by atoms with Gasteiger partial charge in [-0.15, -0.1) is 0 Å². The number of nitrogens with two attached hydrogens (primary N) is 1. The number of nitrogens with zero attached hydrogens (tertiary/aromatic N) is 6. The summed E-state index contributed by atoms with van der Waals surface area (Å²) in [7, 11) is 0. The molecule has 0 aliphatic rings. The fourth-order valence-corrected chi connectivity index (χ4v) is 3.55. The third kappa shape index (κ3) is 11.8. The van der Waals surface area contributed by atoms with Gasteiger partial charge in [0.05, 0.1) is 20.3 Å². The standard InChI is InChI=1S/C14H15BrFN5O5.C9H7BrFN5O3.2CH4/c1-14(2,3)24-13(22)21-25-12-10(19-26-20-12)11(18-23)17-7-4-5-9(16)8(15)6-7;10-5-3-4(1-2-6(5)11)13-8(14-17)7-9(18-12)16-19-15-7;;/h4-6,23H,1-3H3,(H,17,18)(H,21,22);1-3,17H,12H2,(H,13,14);2*1H4. The number of benzene rings is 2. The molecule has 2 heterocycles. The van der Waals surface area contributed by atoms with Crippen LogP contribution in [0.1, 0.15) is 47.0 Å². The maximum Gasteiger partial charge on any atom is 0.441 e. The minimum atomic E-state index is -0.871. The Morgan fingerprint density at radius 1 is 0.851 bits per heavy atom. The molecule has 0 unspecified atom stereocenters. The normalized spacial score (nSPS) is 11.2. The fourth-order valence-electron chi connectivity index (χ4n) is 2.81. The largest absolute Gasteiger partial charge is 0.442 e. The Morgan fingerprint density at radius 3 is 1.70 bits per heavy atom. The van der Waals surface area contributed by atoms with Crippen molar-refractivity contribution in [3.63, 3.8) is 0 Å². The van der Waals surface area contributed by atoms with Crippen LogP contribution < -0.4 is 32.0 Å². The van der Waals surface area contributed by atoms with E-state index >= 15 is 0 Å². The van der Waals surface area contributed by atoms with Gasteiger partial charge in [0, 0.05) is 0 Å². The Kier molecular flexibility index (Phi) is 15.8. The molecule has 0 spiro atoms. The first-order valence-corrected chi connectivity index (χ1v) is 13.5.